The third kappa shape index (κ3) is 1.68. The second-order valence-corrected chi connectivity index (χ2v) is 3.29. The van der Waals surface area contributed by atoms with Gasteiger partial charge in [-0.1, -0.05) is 5.16 Å². The lowest BCUT2D eigenvalue weighted by Crippen LogP contribution is -2.19. The van der Waals surface area contributed by atoms with Gasteiger partial charge in [0, 0.05) is 6.42 Å². The second kappa shape index (κ2) is 3.55. The summed E-state index contributed by atoms with van der Waals surface area (Å²) in [5, 5.41) is 16.0. The average molecular weight is 180 g/mol. The summed E-state index contributed by atoms with van der Waals surface area (Å²) in [6, 6.07) is 0.321. The molecular formula is C8H12N4O. The van der Waals surface area contributed by atoms with Crippen molar-refractivity contribution in [2.24, 2.45) is 5.16 Å². The maximum absolute atomic E-state index is 8.65. The Kier molecular flexibility index (Phi) is 2.25. The van der Waals surface area contributed by atoms with Crippen LogP contribution in [-0.2, 0) is 0 Å². The van der Waals surface area contributed by atoms with Gasteiger partial charge in [-0.2, -0.15) is 5.10 Å². The molecule has 2 rings (SSSR count). The Balaban J connectivity index is 2.09. The molecule has 1 N–H and O–H groups in total. The maximum Gasteiger partial charge on any atom is 0.137 e. The summed E-state index contributed by atoms with van der Waals surface area (Å²) < 4.78 is 1.84. The lowest BCUT2D eigenvalue weighted by Gasteiger charge is -2.21. The molecule has 5 nitrogen and oxygen atoms in total. The molecule has 0 spiro atoms. The number of hydrogen-bond donors (Lipinski definition) is 1. The quantitative estimate of drug-likeness (QED) is 0.522. The topological polar surface area (TPSA) is 63.3 Å². The van der Waals surface area contributed by atoms with Gasteiger partial charge in [0.1, 0.15) is 12.7 Å². The fourth-order valence-electron chi connectivity index (χ4n) is 1.74. The van der Waals surface area contributed by atoms with Gasteiger partial charge in [-0.3, -0.25) is 0 Å². The molecule has 0 amide bonds. The first-order valence-electron chi connectivity index (χ1n) is 4.44. The minimum atomic E-state index is 0.321. The first-order valence-corrected chi connectivity index (χ1v) is 4.44. The van der Waals surface area contributed by atoms with E-state index in [1.165, 1.54) is 6.33 Å². The van der Waals surface area contributed by atoms with E-state index in [1.54, 1.807) is 6.33 Å². The molecule has 70 valence electrons. The van der Waals surface area contributed by atoms with E-state index in [9.17, 15) is 0 Å². The molecule has 0 aliphatic heterocycles. The molecule has 0 bridgehead atoms. The number of nitrogens with zero attached hydrogens (tertiary/aromatic N) is 4. The van der Waals surface area contributed by atoms with E-state index in [2.05, 4.69) is 15.2 Å². The zero-order valence-corrected chi connectivity index (χ0v) is 7.30. The van der Waals surface area contributed by atoms with Crippen molar-refractivity contribution in [1.29, 1.82) is 0 Å². The number of rotatable bonds is 1. The van der Waals surface area contributed by atoms with E-state index >= 15 is 0 Å². The molecule has 1 aliphatic rings. The summed E-state index contributed by atoms with van der Waals surface area (Å²) in [5.41, 5.74) is 0.867. The van der Waals surface area contributed by atoms with Gasteiger partial charge in [0.05, 0.1) is 11.8 Å². The molecule has 1 saturated carbocycles. The van der Waals surface area contributed by atoms with E-state index in [-0.39, 0.29) is 0 Å². The van der Waals surface area contributed by atoms with E-state index in [0.29, 0.717) is 6.04 Å². The summed E-state index contributed by atoms with van der Waals surface area (Å²) in [6.07, 6.45) is 7.09. The zero-order chi connectivity index (χ0) is 9.10. The lowest BCUT2D eigenvalue weighted by atomic mass is 9.94. The molecule has 0 saturated heterocycles. The fourth-order valence-corrected chi connectivity index (χ4v) is 1.74. The molecule has 1 unspecified atom stereocenters. The van der Waals surface area contributed by atoms with E-state index in [4.69, 9.17) is 5.21 Å². The predicted octanol–water partition coefficient (Wildman–Crippen LogP) is 1.22. The van der Waals surface area contributed by atoms with Crippen LogP contribution < -0.4 is 0 Å². The smallest absolute Gasteiger partial charge is 0.137 e. The van der Waals surface area contributed by atoms with Crippen molar-refractivity contribution in [1.82, 2.24) is 14.8 Å². The third-order valence-electron chi connectivity index (χ3n) is 2.43. The van der Waals surface area contributed by atoms with Gasteiger partial charge < -0.3 is 5.21 Å². The highest BCUT2D eigenvalue weighted by Crippen LogP contribution is 2.25. The molecule has 1 aromatic heterocycles. The number of oxime groups is 1. The highest BCUT2D eigenvalue weighted by molar-refractivity contribution is 5.84. The predicted molar refractivity (Wildman–Crippen MR) is 46.7 cm³/mol. The number of hydrogen-bond acceptors (Lipinski definition) is 4. The Bertz CT molecular complexity index is 293. The summed E-state index contributed by atoms with van der Waals surface area (Å²) in [5.74, 6) is 0. The summed E-state index contributed by atoms with van der Waals surface area (Å²) in [4.78, 5) is 3.90. The molecule has 1 aromatic rings. The van der Waals surface area contributed by atoms with Gasteiger partial charge in [-0.05, 0) is 19.3 Å². The van der Waals surface area contributed by atoms with Crippen LogP contribution in [0.1, 0.15) is 31.7 Å². The average Bonchev–Trinajstić information content (AvgIpc) is 2.71. The zero-order valence-electron chi connectivity index (χ0n) is 7.30. The van der Waals surface area contributed by atoms with Crippen LogP contribution in [0, 0.1) is 0 Å². The highest BCUT2D eigenvalue weighted by atomic mass is 16.4. The van der Waals surface area contributed by atoms with Crippen LogP contribution in [-0.4, -0.2) is 25.7 Å². The SMILES string of the molecule is ON=C1CCCC(n2cncn2)C1. The Morgan fingerprint density at radius 2 is 2.54 bits per heavy atom. The van der Waals surface area contributed by atoms with Crippen LogP contribution in [0.15, 0.2) is 17.8 Å². The Hall–Kier alpha value is -1.39. The van der Waals surface area contributed by atoms with Crippen molar-refractivity contribution in [3.63, 3.8) is 0 Å². The molecule has 1 atom stereocenters. The molecule has 0 radical (unpaired) electrons. The van der Waals surface area contributed by atoms with Gasteiger partial charge >= 0.3 is 0 Å². The lowest BCUT2D eigenvalue weighted by molar-refractivity contribution is 0.308. The largest absolute Gasteiger partial charge is 0.411 e. The van der Waals surface area contributed by atoms with Crippen LogP contribution in [0.4, 0.5) is 0 Å². The molecule has 0 aromatic carbocycles. The first kappa shape index (κ1) is 8.22. The van der Waals surface area contributed by atoms with Crippen LogP contribution >= 0.6 is 0 Å². The maximum atomic E-state index is 8.65. The van der Waals surface area contributed by atoms with Crippen molar-refractivity contribution in [3.05, 3.63) is 12.7 Å². The minimum absolute atomic E-state index is 0.321. The summed E-state index contributed by atoms with van der Waals surface area (Å²) in [6.45, 7) is 0. The number of aromatic nitrogens is 3. The molecule has 5 heteroatoms. The van der Waals surface area contributed by atoms with Crippen LogP contribution in [0.3, 0.4) is 0 Å². The highest BCUT2D eigenvalue weighted by Gasteiger charge is 2.20. The van der Waals surface area contributed by atoms with Gasteiger partial charge in [0.15, 0.2) is 0 Å². The van der Waals surface area contributed by atoms with E-state index in [0.717, 1.165) is 31.4 Å². The minimum Gasteiger partial charge on any atom is -0.411 e. The Morgan fingerprint density at radius 3 is 3.23 bits per heavy atom. The van der Waals surface area contributed by atoms with Crippen molar-refractivity contribution >= 4 is 5.71 Å². The van der Waals surface area contributed by atoms with Crippen LogP contribution in [0.2, 0.25) is 0 Å². The van der Waals surface area contributed by atoms with Crippen LogP contribution in [0.5, 0.6) is 0 Å². The van der Waals surface area contributed by atoms with Gasteiger partial charge in [-0.15, -0.1) is 0 Å². The van der Waals surface area contributed by atoms with Crippen molar-refractivity contribution in [2.45, 2.75) is 31.7 Å². The van der Waals surface area contributed by atoms with Gasteiger partial charge in [0.25, 0.3) is 0 Å². The van der Waals surface area contributed by atoms with E-state index in [1.807, 2.05) is 4.68 Å². The Labute approximate surface area is 76.1 Å². The Morgan fingerprint density at radius 1 is 1.62 bits per heavy atom. The second-order valence-electron chi connectivity index (χ2n) is 3.29. The first-order chi connectivity index (χ1) is 6.40. The van der Waals surface area contributed by atoms with Crippen molar-refractivity contribution in [2.75, 3.05) is 0 Å². The van der Waals surface area contributed by atoms with E-state index < -0.39 is 0 Å². The summed E-state index contributed by atoms with van der Waals surface area (Å²) >= 11 is 0. The van der Waals surface area contributed by atoms with Crippen molar-refractivity contribution in [3.8, 4) is 0 Å². The molecule has 1 heterocycles. The van der Waals surface area contributed by atoms with Crippen LogP contribution in [0.25, 0.3) is 0 Å². The van der Waals surface area contributed by atoms with Crippen molar-refractivity contribution < 1.29 is 5.21 Å². The molecule has 13 heavy (non-hydrogen) atoms. The third-order valence-corrected chi connectivity index (χ3v) is 2.43. The molecule has 1 fully saturated rings. The standard InChI is InChI=1S/C8H12N4O/c13-11-7-2-1-3-8(4-7)12-6-9-5-10-12/h5-6,8,13H,1-4H2. The molecule has 1 aliphatic carbocycles. The summed E-state index contributed by atoms with van der Waals surface area (Å²) in [7, 11) is 0. The fraction of sp³-hybridized carbons (Fsp3) is 0.625. The molecular weight excluding hydrogens is 168 g/mol. The van der Waals surface area contributed by atoms with Gasteiger partial charge in [-0.25, -0.2) is 9.67 Å². The monoisotopic (exact) mass is 180 g/mol. The van der Waals surface area contributed by atoms with Gasteiger partial charge in [0.2, 0.25) is 0 Å². The normalized spacial score (nSPS) is 26.5.